The molecule has 2 N–H and O–H groups in total. The van der Waals surface area contributed by atoms with Crippen molar-refractivity contribution in [1.29, 1.82) is 0 Å². The molecule has 19 heavy (non-hydrogen) atoms. The fourth-order valence-electron chi connectivity index (χ4n) is 1.30. The summed E-state index contributed by atoms with van der Waals surface area (Å²) in [4.78, 5) is 12.2. The van der Waals surface area contributed by atoms with Crippen LogP contribution in [-0.2, 0) is 4.74 Å². The van der Waals surface area contributed by atoms with E-state index in [1.165, 1.54) is 0 Å². The molecule has 0 aliphatic rings. The molecule has 0 atom stereocenters. The molecule has 1 rings (SSSR count). The fourth-order valence-corrected chi connectivity index (χ4v) is 1.46. The lowest BCUT2D eigenvalue weighted by molar-refractivity contribution is 0.118. The van der Waals surface area contributed by atoms with Crippen LogP contribution in [0.2, 0.25) is 5.28 Å². The first kappa shape index (κ1) is 15.9. The van der Waals surface area contributed by atoms with Crippen LogP contribution in [0.5, 0.6) is 0 Å². The Kier molecular flexibility index (Phi) is 7.43. The van der Waals surface area contributed by atoms with Crippen molar-refractivity contribution in [3.63, 3.8) is 0 Å². The van der Waals surface area contributed by atoms with Crippen molar-refractivity contribution < 1.29 is 4.74 Å². The lowest BCUT2D eigenvalue weighted by atomic mass is 10.2. The molecule has 1 aromatic heterocycles. The second-order valence-corrected chi connectivity index (χ2v) is 4.91. The van der Waals surface area contributed by atoms with E-state index in [-0.39, 0.29) is 5.28 Å². The first-order chi connectivity index (χ1) is 9.11. The van der Waals surface area contributed by atoms with Gasteiger partial charge in [-0.2, -0.15) is 15.0 Å². The van der Waals surface area contributed by atoms with E-state index in [2.05, 4.69) is 46.4 Å². The van der Waals surface area contributed by atoms with Gasteiger partial charge in [0.2, 0.25) is 17.2 Å². The molecule has 0 unspecified atom stereocenters. The maximum absolute atomic E-state index is 5.84. The molecule has 0 saturated heterocycles. The highest BCUT2D eigenvalue weighted by atomic mass is 35.5. The van der Waals surface area contributed by atoms with Crippen LogP contribution in [0.3, 0.4) is 0 Å². The number of ether oxygens (including phenoxy) is 1. The first-order valence-corrected chi connectivity index (χ1v) is 6.96. The predicted octanol–water partition coefficient (Wildman–Crippen LogP) is 2.43. The van der Waals surface area contributed by atoms with E-state index in [4.69, 9.17) is 16.3 Å². The molecule has 0 aliphatic carbocycles. The Morgan fingerprint density at radius 1 is 1.11 bits per heavy atom. The van der Waals surface area contributed by atoms with Crippen LogP contribution in [0.4, 0.5) is 11.9 Å². The number of anilines is 2. The molecule has 0 aromatic carbocycles. The van der Waals surface area contributed by atoms with Crippen molar-refractivity contribution in [2.75, 3.05) is 36.9 Å². The molecule has 0 bridgehead atoms. The second kappa shape index (κ2) is 8.87. The third-order valence-corrected chi connectivity index (χ3v) is 2.29. The number of halogens is 1. The van der Waals surface area contributed by atoms with Gasteiger partial charge >= 0.3 is 0 Å². The number of aromatic nitrogens is 3. The van der Waals surface area contributed by atoms with Gasteiger partial charge in [0.05, 0.1) is 6.61 Å². The molecule has 1 heterocycles. The Bertz CT molecular complexity index is 375. The summed E-state index contributed by atoms with van der Waals surface area (Å²) in [5.74, 6) is 1.50. The average Bonchev–Trinajstić information content (AvgIpc) is 2.35. The van der Waals surface area contributed by atoms with Crippen molar-refractivity contribution >= 4 is 23.5 Å². The van der Waals surface area contributed by atoms with E-state index in [1.54, 1.807) is 0 Å². The Hall–Kier alpha value is -1.14. The van der Waals surface area contributed by atoms with Gasteiger partial charge in [0.25, 0.3) is 0 Å². The van der Waals surface area contributed by atoms with Crippen LogP contribution in [0.1, 0.15) is 27.2 Å². The van der Waals surface area contributed by atoms with E-state index in [0.29, 0.717) is 31.0 Å². The topological polar surface area (TPSA) is 72.0 Å². The first-order valence-electron chi connectivity index (χ1n) is 6.59. The van der Waals surface area contributed by atoms with Gasteiger partial charge in [0, 0.05) is 19.7 Å². The molecule has 1 aromatic rings. The molecular weight excluding hydrogens is 266 g/mol. The minimum atomic E-state index is 0.180. The minimum Gasteiger partial charge on any atom is -0.379 e. The number of hydrogen-bond donors (Lipinski definition) is 2. The van der Waals surface area contributed by atoms with E-state index >= 15 is 0 Å². The van der Waals surface area contributed by atoms with Crippen LogP contribution in [0, 0.1) is 5.92 Å². The van der Waals surface area contributed by atoms with Gasteiger partial charge in [0.1, 0.15) is 0 Å². The van der Waals surface area contributed by atoms with Gasteiger partial charge in [-0.15, -0.1) is 0 Å². The molecular formula is C12H22ClN5O. The van der Waals surface area contributed by atoms with Gasteiger partial charge < -0.3 is 15.4 Å². The van der Waals surface area contributed by atoms with Crippen molar-refractivity contribution in [3.05, 3.63) is 5.28 Å². The standard InChI is InChI=1S/C12H22ClN5O/c1-4-5-14-11-16-10(13)17-12(18-11)15-6-7-19-8-9(2)3/h9H,4-8H2,1-3H3,(H2,14,15,16,17,18). The Labute approximate surface area is 119 Å². The van der Waals surface area contributed by atoms with Crippen molar-refractivity contribution in [2.24, 2.45) is 5.92 Å². The van der Waals surface area contributed by atoms with E-state index in [1.807, 2.05) is 0 Å². The quantitative estimate of drug-likeness (QED) is 0.680. The fraction of sp³-hybridized carbons (Fsp3) is 0.750. The smallest absolute Gasteiger partial charge is 0.228 e. The molecule has 0 saturated carbocycles. The zero-order valence-corrected chi connectivity index (χ0v) is 12.5. The zero-order chi connectivity index (χ0) is 14.1. The van der Waals surface area contributed by atoms with Gasteiger partial charge in [-0.1, -0.05) is 20.8 Å². The van der Waals surface area contributed by atoms with E-state index in [9.17, 15) is 0 Å². The summed E-state index contributed by atoms with van der Waals surface area (Å²) in [5, 5.41) is 6.32. The van der Waals surface area contributed by atoms with Gasteiger partial charge in [-0.3, -0.25) is 0 Å². The maximum atomic E-state index is 5.84. The van der Waals surface area contributed by atoms with Crippen molar-refractivity contribution in [2.45, 2.75) is 27.2 Å². The molecule has 108 valence electrons. The second-order valence-electron chi connectivity index (χ2n) is 4.57. The maximum Gasteiger partial charge on any atom is 0.228 e. The predicted molar refractivity (Wildman–Crippen MR) is 77.8 cm³/mol. The SMILES string of the molecule is CCCNc1nc(Cl)nc(NCCOCC(C)C)n1. The Morgan fingerprint density at radius 3 is 2.32 bits per heavy atom. The van der Waals surface area contributed by atoms with Crippen molar-refractivity contribution in [3.8, 4) is 0 Å². The largest absolute Gasteiger partial charge is 0.379 e. The molecule has 0 aliphatic heterocycles. The Morgan fingerprint density at radius 2 is 1.74 bits per heavy atom. The van der Waals surface area contributed by atoms with Gasteiger partial charge in [-0.05, 0) is 23.9 Å². The lowest BCUT2D eigenvalue weighted by Crippen LogP contribution is -2.15. The van der Waals surface area contributed by atoms with Gasteiger partial charge in [0.15, 0.2) is 0 Å². The molecule has 7 heteroatoms. The summed E-state index contributed by atoms with van der Waals surface area (Å²) in [5.41, 5.74) is 0. The van der Waals surface area contributed by atoms with Crippen LogP contribution in [0.15, 0.2) is 0 Å². The number of hydrogen-bond acceptors (Lipinski definition) is 6. The normalized spacial score (nSPS) is 10.8. The number of rotatable bonds is 9. The zero-order valence-electron chi connectivity index (χ0n) is 11.7. The summed E-state index contributed by atoms with van der Waals surface area (Å²) >= 11 is 5.84. The third-order valence-electron chi connectivity index (χ3n) is 2.12. The highest BCUT2D eigenvalue weighted by molar-refractivity contribution is 6.28. The molecule has 6 nitrogen and oxygen atoms in total. The monoisotopic (exact) mass is 287 g/mol. The van der Waals surface area contributed by atoms with Crippen LogP contribution in [0.25, 0.3) is 0 Å². The summed E-state index contributed by atoms with van der Waals surface area (Å²) in [7, 11) is 0. The number of nitrogens with one attached hydrogen (secondary N) is 2. The van der Waals surface area contributed by atoms with Crippen LogP contribution in [-0.4, -0.2) is 41.3 Å². The summed E-state index contributed by atoms with van der Waals surface area (Å²) in [6, 6.07) is 0. The summed E-state index contributed by atoms with van der Waals surface area (Å²) < 4.78 is 5.46. The highest BCUT2D eigenvalue weighted by Gasteiger charge is 2.04. The van der Waals surface area contributed by atoms with Crippen LogP contribution >= 0.6 is 11.6 Å². The summed E-state index contributed by atoms with van der Waals surface area (Å²) in [6.07, 6.45) is 0.995. The van der Waals surface area contributed by atoms with Crippen LogP contribution < -0.4 is 10.6 Å². The molecule has 0 fully saturated rings. The van der Waals surface area contributed by atoms with E-state index < -0.39 is 0 Å². The summed E-state index contributed by atoms with van der Waals surface area (Å²) in [6.45, 7) is 9.11. The third kappa shape index (κ3) is 7.12. The average molecular weight is 288 g/mol. The minimum absolute atomic E-state index is 0.180. The van der Waals surface area contributed by atoms with Crippen molar-refractivity contribution in [1.82, 2.24) is 15.0 Å². The number of nitrogens with zero attached hydrogens (tertiary/aromatic N) is 3. The molecule has 0 spiro atoms. The lowest BCUT2D eigenvalue weighted by Gasteiger charge is -2.09. The highest BCUT2D eigenvalue weighted by Crippen LogP contribution is 2.09. The van der Waals surface area contributed by atoms with Gasteiger partial charge in [-0.25, -0.2) is 0 Å². The van der Waals surface area contributed by atoms with E-state index in [0.717, 1.165) is 19.6 Å². The Balaban J connectivity index is 2.38. The molecule has 0 radical (unpaired) electrons. The molecule has 0 amide bonds.